The highest BCUT2D eigenvalue weighted by Gasteiger charge is 2.68. The van der Waals surface area contributed by atoms with Gasteiger partial charge >= 0.3 is 7.12 Å². The van der Waals surface area contributed by atoms with Crippen molar-refractivity contribution in [2.24, 2.45) is 0 Å². The number of para-hydroxylation sites is 1. The molecule has 40 heavy (non-hydrogen) atoms. The zero-order valence-corrected chi connectivity index (χ0v) is 24.1. The lowest BCUT2D eigenvalue weighted by Crippen LogP contribution is -2.58. The van der Waals surface area contributed by atoms with Gasteiger partial charge in [0.15, 0.2) is 0 Å². The number of hydrogen-bond acceptors (Lipinski definition) is 3. The molecule has 2 heterocycles. The van der Waals surface area contributed by atoms with Crippen molar-refractivity contribution in [1.82, 2.24) is 0 Å². The first-order chi connectivity index (χ1) is 19.3. The normalized spacial score (nSPS) is 23.9. The number of hydrogen-bond donors (Lipinski definition) is 0. The number of fused-ring (bicyclic) bond motifs is 1. The third-order valence-corrected chi connectivity index (χ3v) is 9.35. The molecule has 4 heteroatoms. The second-order valence-electron chi connectivity index (χ2n) is 12.1. The Bertz CT molecular complexity index is 1470. The Morgan fingerprint density at radius 2 is 1.23 bits per heavy atom. The Balaban J connectivity index is 1.63. The molecule has 0 aliphatic carbocycles. The fourth-order valence-electron chi connectivity index (χ4n) is 6.58. The fourth-order valence-corrected chi connectivity index (χ4v) is 6.58. The molecule has 2 aliphatic rings. The molecule has 0 radical (unpaired) electrons. The number of anilines is 1. The van der Waals surface area contributed by atoms with Gasteiger partial charge in [0, 0.05) is 24.6 Å². The zero-order valence-electron chi connectivity index (χ0n) is 24.1. The van der Waals surface area contributed by atoms with Gasteiger partial charge in [0.1, 0.15) is 5.44 Å². The van der Waals surface area contributed by atoms with Gasteiger partial charge in [-0.3, -0.25) is 0 Å². The summed E-state index contributed by atoms with van der Waals surface area (Å²) in [5, 5.41) is 0. The average molecular weight is 528 g/mol. The predicted octanol–water partition coefficient (Wildman–Crippen LogP) is 8.24. The number of allylic oxidation sites excluding steroid dienone is 1. The third-order valence-electron chi connectivity index (χ3n) is 9.35. The van der Waals surface area contributed by atoms with Crippen LogP contribution in [0.2, 0.25) is 0 Å². The molecule has 202 valence electrons. The summed E-state index contributed by atoms with van der Waals surface area (Å²) in [6.45, 7) is 8.58. The van der Waals surface area contributed by atoms with Crippen LogP contribution in [-0.4, -0.2) is 25.4 Å². The molecule has 4 aromatic carbocycles. The van der Waals surface area contributed by atoms with E-state index in [1.807, 2.05) is 0 Å². The van der Waals surface area contributed by atoms with Gasteiger partial charge in [-0.25, -0.2) is 0 Å². The lowest BCUT2D eigenvalue weighted by molar-refractivity contribution is 0.00578. The van der Waals surface area contributed by atoms with E-state index in [1.165, 1.54) is 27.9 Å². The fraction of sp³-hybridized carbons (Fsp3) is 0.278. The Kier molecular flexibility index (Phi) is 6.72. The summed E-state index contributed by atoms with van der Waals surface area (Å²) in [6.07, 6.45) is 4.65. The van der Waals surface area contributed by atoms with Crippen molar-refractivity contribution in [2.45, 2.75) is 56.2 Å². The first-order valence-corrected chi connectivity index (χ1v) is 14.3. The lowest BCUT2D eigenvalue weighted by Gasteiger charge is -2.46. The molecule has 0 spiro atoms. The van der Waals surface area contributed by atoms with Crippen LogP contribution in [0.5, 0.6) is 0 Å². The van der Waals surface area contributed by atoms with Gasteiger partial charge in [-0.2, -0.15) is 0 Å². The summed E-state index contributed by atoms with van der Waals surface area (Å²) >= 11 is 0. The van der Waals surface area contributed by atoms with Gasteiger partial charge in [-0.05, 0) is 56.0 Å². The Hall–Kier alpha value is -3.60. The Labute approximate surface area is 239 Å². The first-order valence-electron chi connectivity index (χ1n) is 14.3. The maximum atomic E-state index is 7.00. The van der Waals surface area contributed by atoms with E-state index in [9.17, 15) is 0 Å². The summed E-state index contributed by atoms with van der Waals surface area (Å²) in [4.78, 5) is 2.43. The smallest absolute Gasteiger partial charge is 0.401 e. The van der Waals surface area contributed by atoms with Crippen molar-refractivity contribution in [2.75, 3.05) is 11.9 Å². The van der Waals surface area contributed by atoms with Crippen LogP contribution in [0, 0.1) is 0 Å². The molecule has 0 amide bonds. The topological polar surface area (TPSA) is 21.7 Å². The summed E-state index contributed by atoms with van der Waals surface area (Å²) < 4.78 is 14.0. The average Bonchev–Trinajstić information content (AvgIpc) is 3.36. The maximum Gasteiger partial charge on any atom is 0.490 e. The number of nitrogens with zero attached hydrogens (tertiary/aromatic N) is 1. The quantitative estimate of drug-likeness (QED) is 0.236. The van der Waals surface area contributed by atoms with Gasteiger partial charge < -0.3 is 14.2 Å². The van der Waals surface area contributed by atoms with Crippen LogP contribution in [-0.2, 0) is 14.7 Å². The van der Waals surface area contributed by atoms with E-state index in [0.717, 1.165) is 0 Å². The number of benzene rings is 4. The molecule has 0 saturated carbocycles. The van der Waals surface area contributed by atoms with E-state index < -0.39 is 23.8 Å². The minimum atomic E-state index is -0.627. The molecule has 0 N–H and O–H groups in total. The van der Waals surface area contributed by atoms with Crippen LogP contribution in [0.4, 0.5) is 5.69 Å². The van der Waals surface area contributed by atoms with Crippen LogP contribution in [0.3, 0.4) is 0 Å². The predicted molar refractivity (Wildman–Crippen MR) is 166 cm³/mol. The summed E-state index contributed by atoms with van der Waals surface area (Å²) in [6, 6.07) is 41.1. The molecule has 6 rings (SSSR count). The van der Waals surface area contributed by atoms with Crippen molar-refractivity contribution in [3.8, 4) is 0 Å². The van der Waals surface area contributed by atoms with Gasteiger partial charge in [-0.15, -0.1) is 0 Å². The van der Waals surface area contributed by atoms with E-state index in [2.05, 4.69) is 167 Å². The molecule has 1 saturated heterocycles. The van der Waals surface area contributed by atoms with Gasteiger partial charge in [0.25, 0.3) is 0 Å². The van der Waals surface area contributed by atoms with Gasteiger partial charge in [-0.1, -0.05) is 121 Å². The molecular weight excluding hydrogens is 489 g/mol. The van der Waals surface area contributed by atoms with Crippen molar-refractivity contribution in [1.29, 1.82) is 0 Å². The largest absolute Gasteiger partial charge is 0.490 e. The van der Waals surface area contributed by atoms with Crippen LogP contribution in [0.15, 0.2) is 121 Å². The standard InChI is InChI=1S/C36H38BNO2/c1-34(2)35(3,4)40-37(39-34)36(29-21-13-8-14-22-29)33(31-23-15-16-24-32(31)38(36)5)30(28-19-11-7-12-20-28)26-25-27-17-9-6-10-18-27/h6-26,30,33H,1-5H3/b26-25+/t30-,33-,36+/m0/s1. The van der Waals surface area contributed by atoms with Crippen LogP contribution >= 0.6 is 0 Å². The molecule has 4 aromatic rings. The Morgan fingerprint density at radius 1 is 0.700 bits per heavy atom. The molecule has 2 aliphatic heterocycles. The van der Waals surface area contributed by atoms with E-state index >= 15 is 0 Å². The monoisotopic (exact) mass is 527 g/mol. The molecule has 0 bridgehead atoms. The maximum absolute atomic E-state index is 7.00. The van der Waals surface area contributed by atoms with Gasteiger partial charge in [0.05, 0.1) is 11.2 Å². The summed E-state index contributed by atoms with van der Waals surface area (Å²) in [7, 11) is 1.71. The lowest BCUT2D eigenvalue weighted by atomic mass is 9.51. The van der Waals surface area contributed by atoms with Crippen molar-refractivity contribution < 1.29 is 9.31 Å². The van der Waals surface area contributed by atoms with Crippen molar-refractivity contribution in [3.63, 3.8) is 0 Å². The number of rotatable bonds is 6. The van der Waals surface area contributed by atoms with Crippen LogP contribution in [0.25, 0.3) is 6.08 Å². The highest BCUT2D eigenvalue weighted by atomic mass is 16.7. The SMILES string of the molecule is CN1c2ccccc2[C@H]([C@@H](/C=C/c2ccccc2)c2ccccc2)[C@@]1(B1OC(C)(C)C(C)(C)O1)c1ccccc1. The molecule has 3 atom stereocenters. The van der Waals surface area contributed by atoms with E-state index in [4.69, 9.17) is 9.31 Å². The summed E-state index contributed by atoms with van der Waals surface area (Å²) in [5.41, 5.74) is 4.58. The third kappa shape index (κ3) is 4.22. The van der Waals surface area contributed by atoms with E-state index in [-0.39, 0.29) is 11.8 Å². The van der Waals surface area contributed by atoms with E-state index in [1.54, 1.807) is 0 Å². The highest BCUT2D eigenvalue weighted by Crippen LogP contribution is 2.61. The van der Waals surface area contributed by atoms with Crippen LogP contribution in [0.1, 0.15) is 61.8 Å². The summed E-state index contributed by atoms with van der Waals surface area (Å²) in [5.74, 6) is 0.0555. The molecule has 0 aromatic heterocycles. The minimum Gasteiger partial charge on any atom is -0.401 e. The van der Waals surface area contributed by atoms with Gasteiger partial charge in [0.2, 0.25) is 0 Å². The van der Waals surface area contributed by atoms with Crippen molar-refractivity contribution >= 4 is 18.9 Å². The zero-order chi connectivity index (χ0) is 28.0. The van der Waals surface area contributed by atoms with E-state index in [0.29, 0.717) is 0 Å². The minimum absolute atomic E-state index is 0.00756. The van der Waals surface area contributed by atoms with Crippen LogP contribution < -0.4 is 4.90 Å². The number of likely N-dealkylation sites (N-methyl/N-ethyl adjacent to an activating group) is 1. The molecule has 1 fully saturated rings. The van der Waals surface area contributed by atoms with Crippen molar-refractivity contribution in [3.05, 3.63) is 144 Å². The second kappa shape index (κ2) is 10.1. The second-order valence-corrected chi connectivity index (χ2v) is 12.1. The Morgan fingerprint density at radius 3 is 1.85 bits per heavy atom. The molecular formula is C36H38BNO2. The molecule has 3 nitrogen and oxygen atoms in total. The molecule has 0 unspecified atom stereocenters. The highest BCUT2D eigenvalue weighted by molar-refractivity contribution is 6.51. The first kappa shape index (κ1) is 26.6.